The number of benzene rings is 2. The highest BCUT2D eigenvalue weighted by molar-refractivity contribution is 7.18. The van der Waals surface area contributed by atoms with Crippen molar-refractivity contribution < 1.29 is 0 Å². The molecule has 0 bridgehead atoms. The Labute approximate surface area is 120 Å². The topological polar surface area (TPSA) is 38.9 Å². The number of hydrogen-bond donors (Lipinski definition) is 1. The molecule has 4 heteroatoms. The van der Waals surface area contributed by atoms with Crippen LogP contribution in [0.4, 0.5) is 0 Å². The van der Waals surface area contributed by atoms with Gasteiger partial charge in [-0.15, -0.1) is 11.3 Å². The van der Waals surface area contributed by atoms with Crippen LogP contribution >= 0.6 is 22.9 Å². The van der Waals surface area contributed by atoms with E-state index in [0.717, 1.165) is 27.5 Å². The number of aromatic nitrogens is 1. The van der Waals surface area contributed by atoms with Crippen LogP contribution in [-0.2, 0) is 6.42 Å². The van der Waals surface area contributed by atoms with Crippen molar-refractivity contribution in [3.63, 3.8) is 0 Å². The minimum Gasteiger partial charge on any atom is -0.324 e. The van der Waals surface area contributed by atoms with Crippen LogP contribution in [-0.4, -0.2) is 4.98 Å². The Kier molecular flexibility index (Phi) is 3.51. The zero-order chi connectivity index (χ0) is 13.2. The molecule has 0 amide bonds. The number of rotatable bonds is 3. The zero-order valence-electron chi connectivity index (χ0n) is 10.2. The summed E-state index contributed by atoms with van der Waals surface area (Å²) in [5.41, 5.74) is 8.32. The maximum Gasteiger partial charge on any atom is 0.0957 e. The van der Waals surface area contributed by atoms with E-state index in [1.165, 1.54) is 4.70 Å². The van der Waals surface area contributed by atoms with Crippen molar-refractivity contribution in [2.75, 3.05) is 0 Å². The van der Waals surface area contributed by atoms with Gasteiger partial charge in [0.15, 0.2) is 0 Å². The fourth-order valence-electron chi connectivity index (χ4n) is 2.05. The van der Waals surface area contributed by atoms with Gasteiger partial charge in [-0.2, -0.15) is 0 Å². The smallest absolute Gasteiger partial charge is 0.0957 e. The highest BCUT2D eigenvalue weighted by atomic mass is 35.5. The number of nitrogens with two attached hydrogens (primary N) is 1. The van der Waals surface area contributed by atoms with Crippen molar-refractivity contribution in [1.29, 1.82) is 0 Å². The molecule has 1 unspecified atom stereocenters. The third-order valence-corrected chi connectivity index (χ3v) is 4.30. The molecule has 0 saturated heterocycles. The molecule has 2 N–H and O–H groups in total. The van der Waals surface area contributed by atoms with E-state index >= 15 is 0 Å². The van der Waals surface area contributed by atoms with Crippen LogP contribution in [0.25, 0.3) is 10.2 Å². The maximum atomic E-state index is 6.23. The summed E-state index contributed by atoms with van der Waals surface area (Å²) in [5, 5.41) is 1.78. The molecule has 0 radical (unpaired) electrons. The van der Waals surface area contributed by atoms with E-state index in [4.69, 9.17) is 17.3 Å². The van der Waals surface area contributed by atoms with Gasteiger partial charge in [0, 0.05) is 17.5 Å². The third-order valence-electron chi connectivity index (χ3n) is 3.01. The fraction of sp³-hybridized carbons (Fsp3) is 0.133. The molecule has 3 rings (SSSR count). The molecule has 2 aromatic carbocycles. The van der Waals surface area contributed by atoms with E-state index < -0.39 is 0 Å². The summed E-state index contributed by atoms with van der Waals surface area (Å²) < 4.78 is 1.20. The van der Waals surface area contributed by atoms with E-state index in [-0.39, 0.29) is 6.04 Å². The lowest BCUT2D eigenvalue weighted by Crippen LogP contribution is -2.13. The molecule has 0 fully saturated rings. The van der Waals surface area contributed by atoms with Gasteiger partial charge in [-0.1, -0.05) is 35.9 Å². The minimum atomic E-state index is -0.0701. The molecule has 0 aliphatic carbocycles. The second kappa shape index (κ2) is 5.29. The van der Waals surface area contributed by atoms with Crippen LogP contribution in [0.1, 0.15) is 16.6 Å². The summed E-state index contributed by atoms with van der Waals surface area (Å²) in [6.45, 7) is 0. The lowest BCUT2D eigenvalue weighted by molar-refractivity contribution is 0.719. The van der Waals surface area contributed by atoms with Crippen molar-refractivity contribution in [3.05, 3.63) is 64.1 Å². The number of halogens is 1. The van der Waals surface area contributed by atoms with E-state index in [2.05, 4.69) is 11.1 Å². The number of thiazole rings is 1. The van der Waals surface area contributed by atoms with Gasteiger partial charge < -0.3 is 5.73 Å². The van der Waals surface area contributed by atoms with Crippen molar-refractivity contribution in [1.82, 2.24) is 4.98 Å². The van der Waals surface area contributed by atoms with E-state index in [9.17, 15) is 0 Å². The molecule has 3 aromatic rings. The lowest BCUT2D eigenvalue weighted by Gasteiger charge is -2.10. The van der Waals surface area contributed by atoms with Crippen molar-refractivity contribution in [2.24, 2.45) is 5.73 Å². The largest absolute Gasteiger partial charge is 0.324 e. The Morgan fingerprint density at radius 3 is 2.79 bits per heavy atom. The third kappa shape index (κ3) is 2.78. The molecule has 0 aliphatic heterocycles. The summed E-state index contributed by atoms with van der Waals surface area (Å²) in [6, 6.07) is 15.8. The quantitative estimate of drug-likeness (QED) is 0.785. The summed E-state index contributed by atoms with van der Waals surface area (Å²) in [4.78, 5) is 4.61. The SMILES string of the molecule is NC(Cc1nc2ccccc2s1)c1cccc(Cl)c1. The van der Waals surface area contributed by atoms with Gasteiger partial charge in [0.05, 0.1) is 15.2 Å². The van der Waals surface area contributed by atoms with Crippen molar-refractivity contribution in [2.45, 2.75) is 12.5 Å². The molecular formula is C15H13ClN2S. The van der Waals surface area contributed by atoms with Crippen LogP contribution < -0.4 is 5.73 Å². The first-order chi connectivity index (χ1) is 9.22. The molecule has 0 spiro atoms. The summed E-state index contributed by atoms with van der Waals surface area (Å²) in [7, 11) is 0. The van der Waals surface area contributed by atoms with Crippen LogP contribution in [0.3, 0.4) is 0 Å². The molecule has 0 saturated carbocycles. The molecule has 1 atom stereocenters. The van der Waals surface area contributed by atoms with Crippen LogP contribution in [0.15, 0.2) is 48.5 Å². The van der Waals surface area contributed by atoms with Gasteiger partial charge in [0.1, 0.15) is 0 Å². The van der Waals surface area contributed by atoms with E-state index in [1.807, 2.05) is 42.5 Å². The summed E-state index contributed by atoms with van der Waals surface area (Å²) >= 11 is 7.69. The van der Waals surface area contributed by atoms with Gasteiger partial charge in [-0.05, 0) is 29.8 Å². The first kappa shape index (κ1) is 12.6. The maximum absolute atomic E-state index is 6.23. The molecule has 2 nitrogen and oxygen atoms in total. The minimum absolute atomic E-state index is 0.0701. The first-order valence-electron chi connectivity index (χ1n) is 6.08. The monoisotopic (exact) mass is 288 g/mol. The van der Waals surface area contributed by atoms with Crippen molar-refractivity contribution >= 4 is 33.2 Å². The molecular weight excluding hydrogens is 276 g/mol. The van der Waals surface area contributed by atoms with Crippen molar-refractivity contribution in [3.8, 4) is 0 Å². The van der Waals surface area contributed by atoms with Gasteiger partial charge in [-0.3, -0.25) is 0 Å². The van der Waals surface area contributed by atoms with Gasteiger partial charge in [0.25, 0.3) is 0 Å². The second-order valence-corrected chi connectivity index (χ2v) is 5.99. The van der Waals surface area contributed by atoms with Gasteiger partial charge in [-0.25, -0.2) is 4.98 Å². The second-order valence-electron chi connectivity index (χ2n) is 4.44. The highest BCUT2D eigenvalue weighted by Gasteiger charge is 2.11. The molecule has 0 aliphatic rings. The van der Waals surface area contributed by atoms with E-state index in [1.54, 1.807) is 11.3 Å². The Morgan fingerprint density at radius 2 is 2.00 bits per heavy atom. The summed E-state index contributed by atoms with van der Waals surface area (Å²) in [6.07, 6.45) is 0.736. The molecule has 1 heterocycles. The fourth-order valence-corrected chi connectivity index (χ4v) is 3.27. The molecule has 19 heavy (non-hydrogen) atoms. The Morgan fingerprint density at radius 1 is 1.16 bits per heavy atom. The zero-order valence-corrected chi connectivity index (χ0v) is 11.8. The highest BCUT2D eigenvalue weighted by Crippen LogP contribution is 2.26. The number of nitrogens with zero attached hydrogens (tertiary/aromatic N) is 1. The van der Waals surface area contributed by atoms with Gasteiger partial charge >= 0.3 is 0 Å². The predicted molar refractivity (Wildman–Crippen MR) is 81.7 cm³/mol. The number of fused-ring (bicyclic) bond motifs is 1. The standard InChI is InChI=1S/C15H13ClN2S/c16-11-5-3-4-10(8-11)12(17)9-15-18-13-6-1-2-7-14(13)19-15/h1-8,12H,9,17H2. The number of para-hydroxylation sites is 1. The lowest BCUT2D eigenvalue weighted by atomic mass is 10.1. The Hall–Kier alpha value is -1.42. The average molecular weight is 289 g/mol. The molecule has 96 valence electrons. The molecule has 1 aromatic heterocycles. The Balaban J connectivity index is 1.84. The van der Waals surface area contributed by atoms with Crippen LogP contribution in [0, 0.1) is 0 Å². The summed E-state index contributed by atoms with van der Waals surface area (Å²) in [5.74, 6) is 0. The van der Waals surface area contributed by atoms with E-state index in [0.29, 0.717) is 0 Å². The number of hydrogen-bond acceptors (Lipinski definition) is 3. The average Bonchev–Trinajstić information content (AvgIpc) is 2.80. The normalized spacial score (nSPS) is 12.7. The van der Waals surface area contributed by atoms with Crippen LogP contribution in [0.2, 0.25) is 5.02 Å². The predicted octanol–water partition coefficient (Wildman–Crippen LogP) is 4.19. The Bertz CT molecular complexity index is 675. The van der Waals surface area contributed by atoms with Crippen LogP contribution in [0.5, 0.6) is 0 Å². The first-order valence-corrected chi connectivity index (χ1v) is 7.27. The van der Waals surface area contributed by atoms with Gasteiger partial charge in [0.2, 0.25) is 0 Å².